The molecule has 0 N–H and O–H groups in total. The number of thiophene rings is 1. The minimum Gasteiger partial charge on any atom is -0.208 e. The van der Waals surface area contributed by atoms with Crippen molar-refractivity contribution in [1.29, 1.82) is 0 Å². The van der Waals surface area contributed by atoms with Crippen LogP contribution in [-0.2, 0) is 6.42 Å². The van der Waals surface area contributed by atoms with Crippen molar-refractivity contribution in [3.05, 3.63) is 191 Å². The number of rotatable bonds is 5. The molecule has 0 fully saturated rings. The highest BCUT2D eigenvalue weighted by Crippen LogP contribution is 2.44. The second-order valence-electron chi connectivity index (χ2n) is 15.0. The zero-order chi connectivity index (χ0) is 36.3. The van der Waals surface area contributed by atoms with Crippen LogP contribution in [0.15, 0.2) is 180 Å². The number of fused-ring (bicyclic) bond motifs is 6. The lowest BCUT2D eigenvalue weighted by Crippen LogP contribution is -2.19. The molecule has 5 aromatic carbocycles. The summed E-state index contributed by atoms with van der Waals surface area (Å²) in [5.74, 6) is 3.00. The lowest BCUT2D eigenvalue weighted by molar-refractivity contribution is 0.617. The van der Waals surface area contributed by atoms with Crippen LogP contribution in [0.2, 0.25) is 0 Å². The summed E-state index contributed by atoms with van der Waals surface area (Å²) in [5, 5.41) is 2.43. The fraction of sp³-hybridized carbons (Fsp3) is 0.118. The average molecular weight is 724 g/mol. The third-order valence-electron chi connectivity index (χ3n) is 11.7. The lowest BCUT2D eigenvalue weighted by atomic mass is 9.72. The molecule has 2 heterocycles. The van der Waals surface area contributed by atoms with Gasteiger partial charge in [-0.15, -0.1) is 11.3 Å². The van der Waals surface area contributed by atoms with Gasteiger partial charge in [0.1, 0.15) is 0 Å². The zero-order valence-electron chi connectivity index (χ0n) is 30.3. The predicted molar refractivity (Wildman–Crippen MR) is 230 cm³/mol. The van der Waals surface area contributed by atoms with Crippen molar-refractivity contribution in [2.75, 3.05) is 0 Å². The molecule has 2 unspecified atom stereocenters. The summed E-state index contributed by atoms with van der Waals surface area (Å²) in [6, 6.07) is 40.9. The van der Waals surface area contributed by atoms with Gasteiger partial charge in [-0.25, -0.2) is 15.0 Å². The number of allylic oxidation sites excluding steroid dienone is 11. The number of hydrogen-bond donors (Lipinski definition) is 0. The zero-order valence-corrected chi connectivity index (χ0v) is 31.1. The first-order valence-corrected chi connectivity index (χ1v) is 20.2. The maximum Gasteiger partial charge on any atom is 0.164 e. The Bertz CT molecular complexity index is 2810. The van der Waals surface area contributed by atoms with Crippen molar-refractivity contribution in [3.8, 4) is 45.3 Å². The molecule has 4 aliphatic rings. The molecular formula is C51H37N3S. The molecule has 7 aromatic rings. The van der Waals surface area contributed by atoms with E-state index < -0.39 is 0 Å². The minimum absolute atomic E-state index is 0.476. The third kappa shape index (κ3) is 5.76. The van der Waals surface area contributed by atoms with E-state index in [2.05, 4.69) is 127 Å². The number of nitrogens with zero attached hydrogens (tertiary/aromatic N) is 3. The summed E-state index contributed by atoms with van der Waals surface area (Å²) >= 11 is 1.83. The molecule has 0 amide bonds. The molecule has 0 radical (unpaired) electrons. The van der Waals surface area contributed by atoms with E-state index in [-0.39, 0.29) is 0 Å². The van der Waals surface area contributed by atoms with Gasteiger partial charge < -0.3 is 0 Å². The minimum atomic E-state index is 0.476. The quantitative estimate of drug-likeness (QED) is 0.177. The van der Waals surface area contributed by atoms with Gasteiger partial charge in [-0.1, -0.05) is 146 Å². The van der Waals surface area contributed by atoms with Crippen molar-refractivity contribution >= 4 is 37.6 Å². The topological polar surface area (TPSA) is 38.7 Å². The Hall–Kier alpha value is -6.23. The van der Waals surface area contributed by atoms with Crippen LogP contribution >= 0.6 is 11.3 Å². The molecule has 0 saturated heterocycles. The van der Waals surface area contributed by atoms with Gasteiger partial charge in [0.25, 0.3) is 0 Å². The van der Waals surface area contributed by atoms with Gasteiger partial charge in [0, 0.05) is 48.7 Å². The number of hydrogen-bond acceptors (Lipinski definition) is 4. The molecule has 3 nitrogen and oxygen atoms in total. The summed E-state index contributed by atoms with van der Waals surface area (Å²) in [7, 11) is 0. The van der Waals surface area contributed by atoms with E-state index >= 15 is 0 Å². The van der Waals surface area contributed by atoms with Gasteiger partial charge in [0.05, 0.1) is 0 Å². The normalized spacial score (nSPS) is 18.5. The average Bonchev–Trinajstić information content (AvgIpc) is 3.64. The molecule has 0 spiro atoms. The largest absolute Gasteiger partial charge is 0.208 e. The van der Waals surface area contributed by atoms with Crippen LogP contribution in [0.1, 0.15) is 30.4 Å². The molecule has 4 heteroatoms. The lowest BCUT2D eigenvalue weighted by Gasteiger charge is -2.32. The van der Waals surface area contributed by atoms with Gasteiger partial charge in [-0.3, -0.25) is 0 Å². The van der Waals surface area contributed by atoms with Crippen LogP contribution in [0.25, 0.3) is 71.5 Å². The van der Waals surface area contributed by atoms with E-state index in [0.717, 1.165) is 42.4 Å². The summed E-state index contributed by atoms with van der Waals surface area (Å²) < 4.78 is 2.49. The van der Waals surface area contributed by atoms with Gasteiger partial charge in [0.2, 0.25) is 0 Å². The number of benzene rings is 5. The highest BCUT2D eigenvalue weighted by Gasteiger charge is 2.28. The van der Waals surface area contributed by atoms with Crippen molar-refractivity contribution in [2.45, 2.75) is 25.7 Å². The van der Waals surface area contributed by atoms with Crippen LogP contribution in [0.4, 0.5) is 0 Å². The Morgan fingerprint density at radius 2 is 1.24 bits per heavy atom. The predicted octanol–water partition coefficient (Wildman–Crippen LogP) is 13.2. The first-order valence-electron chi connectivity index (χ1n) is 19.4. The maximum atomic E-state index is 5.10. The molecule has 0 aliphatic heterocycles. The summed E-state index contributed by atoms with van der Waals surface area (Å²) in [4.78, 5) is 15.2. The standard InChI is InChI=1S/C51H37N3S/c1-3-11-34(12-4-1)49-52-50(35-13-5-2-6-14-35)54-51(53-49)43-16-9-17-47-48(43)45-31-41(26-27-46(45)55-47)39-25-23-36-28-38(24-22-37(36)29-39)40-21-20-33-19-18-32-10-7-8-15-42(32)44(33)30-40/h1-19,23,25-32,42H,20-22,24H2. The van der Waals surface area contributed by atoms with Crippen LogP contribution in [0, 0.1) is 11.8 Å². The van der Waals surface area contributed by atoms with Crippen molar-refractivity contribution < 1.29 is 0 Å². The molecular weight excluding hydrogens is 687 g/mol. The van der Waals surface area contributed by atoms with E-state index in [4.69, 9.17) is 15.0 Å². The van der Waals surface area contributed by atoms with Crippen LogP contribution in [-0.4, -0.2) is 15.0 Å². The van der Waals surface area contributed by atoms with Crippen molar-refractivity contribution in [3.63, 3.8) is 0 Å². The highest BCUT2D eigenvalue weighted by atomic mass is 32.1. The van der Waals surface area contributed by atoms with E-state index in [9.17, 15) is 0 Å². The van der Waals surface area contributed by atoms with E-state index in [0.29, 0.717) is 29.3 Å². The van der Waals surface area contributed by atoms with Crippen molar-refractivity contribution in [2.24, 2.45) is 11.8 Å². The van der Waals surface area contributed by atoms with Crippen LogP contribution < -0.4 is 0 Å². The summed E-state index contributed by atoms with van der Waals surface area (Å²) in [6.07, 6.45) is 23.3. The fourth-order valence-electron chi connectivity index (χ4n) is 8.90. The maximum absolute atomic E-state index is 5.10. The monoisotopic (exact) mass is 723 g/mol. The van der Waals surface area contributed by atoms with E-state index in [1.54, 1.807) is 0 Å². The summed E-state index contributed by atoms with van der Waals surface area (Å²) in [5.41, 5.74) is 14.3. The van der Waals surface area contributed by atoms with Gasteiger partial charge in [0.15, 0.2) is 17.5 Å². The molecule has 2 aromatic heterocycles. The Morgan fingerprint density at radius 1 is 0.527 bits per heavy atom. The first-order chi connectivity index (χ1) is 27.2. The SMILES string of the molecule is C1=CC2C=CC3=C(C=C(C4=Cc5ccc(-c6ccc7sc8cccc(-c9nc(-c%10ccccc%10)nc(-c%10ccccc%10)n9)c8c7c6)cc5CC4)CC3)C2C=C1. The van der Waals surface area contributed by atoms with Crippen molar-refractivity contribution in [1.82, 2.24) is 15.0 Å². The van der Waals surface area contributed by atoms with E-state index in [1.165, 1.54) is 64.7 Å². The molecule has 11 rings (SSSR count). The van der Waals surface area contributed by atoms with E-state index in [1.807, 2.05) is 47.7 Å². The fourth-order valence-corrected chi connectivity index (χ4v) is 10.0. The number of aryl methyl sites for hydroxylation is 1. The Balaban J connectivity index is 0.963. The van der Waals surface area contributed by atoms with Gasteiger partial charge in [-0.05, 0) is 88.4 Å². The molecule has 4 aliphatic carbocycles. The Labute approximate surface area is 325 Å². The number of aromatic nitrogens is 3. The first kappa shape index (κ1) is 32.2. The molecule has 55 heavy (non-hydrogen) atoms. The third-order valence-corrected chi connectivity index (χ3v) is 12.9. The smallest absolute Gasteiger partial charge is 0.164 e. The van der Waals surface area contributed by atoms with Gasteiger partial charge >= 0.3 is 0 Å². The summed E-state index contributed by atoms with van der Waals surface area (Å²) in [6.45, 7) is 0. The Kier molecular flexibility index (Phi) is 7.77. The van der Waals surface area contributed by atoms with Crippen LogP contribution in [0.5, 0.6) is 0 Å². The van der Waals surface area contributed by atoms with Crippen LogP contribution in [0.3, 0.4) is 0 Å². The molecule has 0 saturated carbocycles. The molecule has 0 bridgehead atoms. The Morgan fingerprint density at radius 3 is 2.05 bits per heavy atom. The highest BCUT2D eigenvalue weighted by molar-refractivity contribution is 7.26. The second-order valence-corrected chi connectivity index (χ2v) is 16.1. The second kappa shape index (κ2) is 13.3. The molecule has 2 atom stereocenters. The molecule has 262 valence electrons. The van der Waals surface area contributed by atoms with Gasteiger partial charge in [-0.2, -0.15) is 0 Å².